The van der Waals surface area contributed by atoms with Gasteiger partial charge in [0, 0.05) is 22.6 Å². The van der Waals surface area contributed by atoms with Gasteiger partial charge in [0.2, 0.25) is 0 Å². The summed E-state index contributed by atoms with van der Waals surface area (Å²) in [7, 11) is 0. The van der Waals surface area contributed by atoms with Crippen molar-refractivity contribution in [1.82, 2.24) is 0 Å². The lowest BCUT2D eigenvalue weighted by Crippen LogP contribution is -2.41. The number of halogens is 1. The maximum atomic E-state index is 12.8. The van der Waals surface area contributed by atoms with Gasteiger partial charge in [-0.1, -0.05) is 28.1 Å². The average molecular weight is 419 g/mol. The molecule has 1 aliphatic rings. The number of para-hydroxylation sites is 1. The molecule has 0 aromatic heterocycles. The van der Waals surface area contributed by atoms with Gasteiger partial charge in [0.25, 0.3) is 11.6 Å². The molecule has 2 aromatic rings. The summed E-state index contributed by atoms with van der Waals surface area (Å²) in [6.07, 6.45) is -0.573. The van der Waals surface area contributed by atoms with E-state index >= 15 is 0 Å². The number of rotatable bonds is 5. The van der Waals surface area contributed by atoms with Crippen molar-refractivity contribution in [2.75, 3.05) is 11.4 Å². The van der Waals surface area contributed by atoms with Crippen LogP contribution in [0.4, 0.5) is 11.4 Å². The lowest BCUT2D eigenvalue weighted by molar-refractivity contribution is -0.385. The van der Waals surface area contributed by atoms with Crippen molar-refractivity contribution in [1.29, 1.82) is 0 Å². The topological polar surface area (TPSA) is 101 Å². The van der Waals surface area contributed by atoms with Gasteiger partial charge in [-0.3, -0.25) is 19.7 Å². The van der Waals surface area contributed by atoms with E-state index in [0.717, 1.165) is 0 Å². The maximum absolute atomic E-state index is 12.8. The van der Waals surface area contributed by atoms with Crippen LogP contribution in [0.3, 0.4) is 0 Å². The first-order chi connectivity index (χ1) is 12.3. The van der Waals surface area contributed by atoms with E-state index in [1.165, 1.54) is 29.2 Å². The number of amides is 1. The van der Waals surface area contributed by atoms with Crippen LogP contribution in [0.5, 0.6) is 0 Å². The van der Waals surface area contributed by atoms with Crippen LogP contribution in [0.2, 0.25) is 0 Å². The zero-order valence-corrected chi connectivity index (χ0v) is 15.4. The molecule has 2 aromatic carbocycles. The Hall–Kier alpha value is -2.58. The molecule has 0 fully saturated rings. The standard InChI is InChI=1S/C18H15BrN2O5/c1-2-20-15-8-7-11(19)9-13(15)18(24,17(20)23)10-16(22)12-5-3-4-6-14(12)21(25)26/h3-9,24H,2,10H2,1H3/t18-/m0/s1. The average Bonchev–Trinajstić information content (AvgIpc) is 2.82. The molecule has 0 saturated heterocycles. The number of benzene rings is 2. The Labute approximate surface area is 157 Å². The van der Waals surface area contributed by atoms with Crippen LogP contribution < -0.4 is 4.90 Å². The molecular formula is C18H15BrN2O5. The quantitative estimate of drug-likeness (QED) is 0.456. The lowest BCUT2D eigenvalue weighted by Gasteiger charge is -2.22. The minimum Gasteiger partial charge on any atom is -0.375 e. The fourth-order valence-corrected chi connectivity index (χ4v) is 3.56. The molecule has 1 aliphatic heterocycles. The molecule has 3 rings (SSSR count). The summed E-state index contributed by atoms with van der Waals surface area (Å²) in [5.41, 5.74) is -1.71. The number of Topliss-reactive ketones (excluding diaryl/α,β-unsaturated/α-hetero) is 1. The van der Waals surface area contributed by atoms with E-state index in [1.807, 2.05) is 0 Å². The van der Waals surface area contributed by atoms with Crippen LogP contribution in [-0.4, -0.2) is 28.3 Å². The first-order valence-corrected chi connectivity index (χ1v) is 8.70. The van der Waals surface area contributed by atoms with Crippen molar-refractivity contribution in [3.63, 3.8) is 0 Å². The van der Waals surface area contributed by atoms with Crippen molar-refractivity contribution in [3.05, 3.63) is 68.2 Å². The van der Waals surface area contributed by atoms with Gasteiger partial charge in [-0.25, -0.2) is 0 Å². The van der Waals surface area contributed by atoms with Crippen LogP contribution in [0, 0.1) is 10.1 Å². The SMILES string of the molecule is CCN1C(=O)[C@](O)(CC(=O)c2ccccc2[N+](=O)[O-])c2cc(Br)ccc21. The summed E-state index contributed by atoms with van der Waals surface area (Å²) in [5, 5.41) is 22.3. The zero-order valence-electron chi connectivity index (χ0n) is 13.8. The minimum atomic E-state index is -2.06. The smallest absolute Gasteiger partial charge is 0.280 e. The summed E-state index contributed by atoms with van der Waals surface area (Å²) in [4.78, 5) is 37.4. The number of carbonyl (C=O) groups excluding carboxylic acids is 2. The Bertz CT molecular complexity index is 930. The largest absolute Gasteiger partial charge is 0.375 e. The molecule has 0 radical (unpaired) electrons. The van der Waals surface area contributed by atoms with E-state index in [-0.39, 0.29) is 11.3 Å². The van der Waals surface area contributed by atoms with Crippen LogP contribution in [0.15, 0.2) is 46.9 Å². The minimum absolute atomic E-state index is 0.134. The van der Waals surface area contributed by atoms with E-state index in [9.17, 15) is 24.8 Å². The fourth-order valence-electron chi connectivity index (χ4n) is 3.20. The highest BCUT2D eigenvalue weighted by molar-refractivity contribution is 9.10. The molecule has 0 unspecified atom stereocenters. The highest BCUT2D eigenvalue weighted by atomic mass is 79.9. The molecule has 0 saturated carbocycles. The third-order valence-electron chi connectivity index (χ3n) is 4.43. The first kappa shape index (κ1) is 18.2. The molecule has 1 N–H and O–H groups in total. The van der Waals surface area contributed by atoms with E-state index in [1.54, 1.807) is 25.1 Å². The van der Waals surface area contributed by atoms with E-state index in [4.69, 9.17) is 0 Å². The number of nitro benzene ring substituents is 1. The Kier molecular flexibility index (Phi) is 4.64. The molecule has 7 nitrogen and oxygen atoms in total. The van der Waals surface area contributed by atoms with Crippen molar-refractivity contribution < 1.29 is 19.6 Å². The van der Waals surface area contributed by atoms with Crippen LogP contribution in [0.1, 0.15) is 29.3 Å². The molecule has 1 heterocycles. The van der Waals surface area contributed by atoms with E-state index in [0.29, 0.717) is 22.3 Å². The summed E-state index contributed by atoms with van der Waals surface area (Å²) in [6, 6.07) is 10.5. The Morgan fingerprint density at radius 3 is 2.65 bits per heavy atom. The predicted molar refractivity (Wildman–Crippen MR) is 98.1 cm³/mol. The third kappa shape index (κ3) is 2.81. The number of nitro groups is 1. The number of aliphatic hydroxyl groups is 1. The van der Waals surface area contributed by atoms with Crippen LogP contribution in [-0.2, 0) is 10.4 Å². The van der Waals surface area contributed by atoms with Crippen LogP contribution in [0.25, 0.3) is 0 Å². The van der Waals surface area contributed by atoms with Gasteiger partial charge < -0.3 is 10.0 Å². The highest BCUT2D eigenvalue weighted by Crippen LogP contribution is 2.44. The molecule has 26 heavy (non-hydrogen) atoms. The molecule has 8 heteroatoms. The fraction of sp³-hybridized carbons (Fsp3) is 0.222. The Morgan fingerprint density at radius 2 is 2.00 bits per heavy atom. The second-order valence-corrected chi connectivity index (χ2v) is 6.86. The predicted octanol–water partition coefficient (Wildman–Crippen LogP) is 3.18. The van der Waals surface area contributed by atoms with Crippen molar-refractivity contribution in [2.24, 2.45) is 0 Å². The summed E-state index contributed by atoms with van der Waals surface area (Å²) in [6.45, 7) is 2.09. The number of carbonyl (C=O) groups is 2. The Balaban J connectivity index is 2.05. The molecule has 1 amide bonds. The number of hydrogen-bond donors (Lipinski definition) is 1. The molecule has 134 valence electrons. The number of anilines is 1. The van der Waals surface area contributed by atoms with Gasteiger partial charge in [0.05, 0.1) is 22.6 Å². The van der Waals surface area contributed by atoms with Gasteiger partial charge in [0.1, 0.15) is 0 Å². The molecule has 0 bridgehead atoms. The highest BCUT2D eigenvalue weighted by Gasteiger charge is 2.51. The van der Waals surface area contributed by atoms with Gasteiger partial charge >= 0.3 is 0 Å². The van der Waals surface area contributed by atoms with Crippen molar-refractivity contribution in [2.45, 2.75) is 18.9 Å². The second kappa shape index (κ2) is 6.62. The Morgan fingerprint density at radius 1 is 1.31 bits per heavy atom. The number of hydrogen-bond acceptors (Lipinski definition) is 5. The number of fused-ring (bicyclic) bond motifs is 1. The number of likely N-dealkylation sites (N-methyl/N-ethyl adjacent to an activating group) is 1. The molecule has 0 spiro atoms. The van der Waals surface area contributed by atoms with Crippen molar-refractivity contribution >= 4 is 39.0 Å². The van der Waals surface area contributed by atoms with Crippen LogP contribution >= 0.6 is 15.9 Å². The van der Waals surface area contributed by atoms with Crippen molar-refractivity contribution in [3.8, 4) is 0 Å². The van der Waals surface area contributed by atoms with Gasteiger partial charge in [-0.2, -0.15) is 0 Å². The number of ketones is 1. The molecule has 1 atom stereocenters. The maximum Gasteiger partial charge on any atom is 0.280 e. The molecule has 0 aliphatic carbocycles. The monoisotopic (exact) mass is 418 g/mol. The van der Waals surface area contributed by atoms with Gasteiger partial charge in [-0.15, -0.1) is 0 Å². The number of nitrogens with zero attached hydrogens (tertiary/aromatic N) is 2. The normalized spacial score (nSPS) is 18.7. The lowest BCUT2D eigenvalue weighted by atomic mass is 9.88. The molecular weight excluding hydrogens is 404 g/mol. The first-order valence-electron chi connectivity index (χ1n) is 7.90. The second-order valence-electron chi connectivity index (χ2n) is 5.95. The van der Waals surface area contributed by atoms with E-state index in [2.05, 4.69) is 15.9 Å². The zero-order chi connectivity index (χ0) is 19.1. The van der Waals surface area contributed by atoms with Gasteiger partial charge in [-0.05, 0) is 31.2 Å². The van der Waals surface area contributed by atoms with Gasteiger partial charge in [0.15, 0.2) is 11.4 Å². The van der Waals surface area contributed by atoms with E-state index < -0.39 is 28.6 Å². The summed E-state index contributed by atoms with van der Waals surface area (Å²) >= 11 is 3.30. The summed E-state index contributed by atoms with van der Waals surface area (Å²) < 4.78 is 0.651. The summed E-state index contributed by atoms with van der Waals surface area (Å²) in [5.74, 6) is -1.28. The third-order valence-corrected chi connectivity index (χ3v) is 4.92.